The molecule has 4 heteroatoms. The van der Waals surface area contributed by atoms with Crippen LogP contribution in [0.4, 0.5) is 0 Å². The van der Waals surface area contributed by atoms with Gasteiger partial charge in [-0.3, -0.25) is 9.98 Å². The summed E-state index contributed by atoms with van der Waals surface area (Å²) in [4.78, 5) is 8.57. The molecule has 1 aliphatic heterocycles. The molecule has 0 spiro atoms. The number of thioether (sulfide) groups is 1. The first kappa shape index (κ1) is 11.5. The van der Waals surface area contributed by atoms with Crippen LogP contribution in [0.5, 0.6) is 0 Å². The van der Waals surface area contributed by atoms with Gasteiger partial charge in [0.05, 0.1) is 6.54 Å². The molecule has 1 aliphatic rings. The van der Waals surface area contributed by atoms with Crippen LogP contribution >= 0.6 is 11.8 Å². The Morgan fingerprint density at radius 1 is 1.56 bits per heavy atom. The summed E-state index contributed by atoms with van der Waals surface area (Å²) in [5, 5.41) is 5.14. The van der Waals surface area contributed by atoms with E-state index >= 15 is 0 Å². The Morgan fingerprint density at radius 3 is 3.12 bits per heavy atom. The number of aryl methyl sites for hydroxylation is 1. The van der Waals surface area contributed by atoms with Crippen LogP contribution in [-0.4, -0.2) is 21.9 Å². The summed E-state index contributed by atoms with van der Waals surface area (Å²) in [5.41, 5.74) is 2.52. The number of aliphatic imine (C=N–C) groups is 1. The molecule has 0 saturated carbocycles. The van der Waals surface area contributed by atoms with E-state index in [0.29, 0.717) is 5.25 Å². The van der Waals surface area contributed by atoms with E-state index in [0.717, 1.165) is 18.3 Å². The summed E-state index contributed by atoms with van der Waals surface area (Å²) < 4.78 is 0. The van der Waals surface area contributed by atoms with Gasteiger partial charge in [-0.25, -0.2) is 0 Å². The average Bonchev–Trinajstić information content (AvgIpc) is 2.76. The fraction of sp³-hybridized carbons (Fsp3) is 0.500. The number of nitrogens with one attached hydrogen (secondary N) is 1. The monoisotopic (exact) mass is 235 g/mol. The van der Waals surface area contributed by atoms with E-state index in [9.17, 15) is 0 Å². The molecule has 86 valence electrons. The lowest BCUT2D eigenvalue weighted by atomic mass is 10.2. The van der Waals surface area contributed by atoms with E-state index in [1.165, 1.54) is 17.5 Å². The predicted molar refractivity (Wildman–Crippen MR) is 69.8 cm³/mol. The minimum atomic E-state index is 0.668. The summed E-state index contributed by atoms with van der Waals surface area (Å²) in [6.45, 7) is 6.10. The Balaban J connectivity index is 1.87. The molecule has 1 atom stereocenters. The number of nitrogens with zero attached hydrogens (tertiary/aromatic N) is 2. The van der Waals surface area contributed by atoms with E-state index in [-0.39, 0.29) is 0 Å². The molecule has 16 heavy (non-hydrogen) atoms. The van der Waals surface area contributed by atoms with Gasteiger partial charge < -0.3 is 5.32 Å². The third-order valence-electron chi connectivity index (χ3n) is 2.74. The van der Waals surface area contributed by atoms with E-state index < -0.39 is 0 Å². The number of hydrogen-bond acceptors (Lipinski definition) is 4. The van der Waals surface area contributed by atoms with Gasteiger partial charge in [0.15, 0.2) is 5.17 Å². The van der Waals surface area contributed by atoms with Crippen molar-refractivity contribution in [1.29, 1.82) is 0 Å². The number of pyridine rings is 1. The van der Waals surface area contributed by atoms with E-state index in [2.05, 4.69) is 35.2 Å². The fourth-order valence-electron chi connectivity index (χ4n) is 1.60. The van der Waals surface area contributed by atoms with Crippen molar-refractivity contribution >= 4 is 16.9 Å². The zero-order valence-corrected chi connectivity index (χ0v) is 10.5. The lowest BCUT2D eigenvalue weighted by Crippen LogP contribution is -2.19. The highest BCUT2D eigenvalue weighted by Gasteiger charge is 2.17. The molecule has 0 aliphatic carbocycles. The minimum absolute atomic E-state index is 0.668. The fourth-order valence-corrected chi connectivity index (χ4v) is 2.53. The van der Waals surface area contributed by atoms with Crippen molar-refractivity contribution < 1.29 is 0 Å². The molecule has 3 nitrogen and oxygen atoms in total. The Bertz CT molecular complexity index is 390. The van der Waals surface area contributed by atoms with Crippen molar-refractivity contribution in [1.82, 2.24) is 10.3 Å². The van der Waals surface area contributed by atoms with Crippen molar-refractivity contribution in [2.24, 2.45) is 4.99 Å². The van der Waals surface area contributed by atoms with Gasteiger partial charge in [0.2, 0.25) is 0 Å². The molecular weight excluding hydrogens is 218 g/mol. The van der Waals surface area contributed by atoms with E-state index in [1.54, 1.807) is 0 Å². The number of amidine groups is 1. The molecule has 2 heterocycles. The maximum atomic E-state index is 4.49. The highest BCUT2D eigenvalue weighted by molar-refractivity contribution is 8.14. The molecule has 0 aromatic carbocycles. The van der Waals surface area contributed by atoms with Crippen LogP contribution < -0.4 is 5.32 Å². The smallest absolute Gasteiger partial charge is 0.157 e. The molecule has 0 bridgehead atoms. The maximum Gasteiger partial charge on any atom is 0.157 e. The van der Waals surface area contributed by atoms with Gasteiger partial charge in [-0.1, -0.05) is 18.7 Å². The van der Waals surface area contributed by atoms with Gasteiger partial charge in [-0.2, -0.15) is 0 Å². The standard InChI is InChI=1S/C12H17N3S/c1-3-11-8-15-12(16-11)14-7-10-4-5-13-6-9(10)2/h4-6,11H,3,7-8H2,1-2H3,(H,14,15). The second-order valence-corrected chi connectivity index (χ2v) is 5.24. The second kappa shape index (κ2) is 5.34. The van der Waals surface area contributed by atoms with Crippen LogP contribution in [0.3, 0.4) is 0 Å². The molecule has 2 rings (SSSR count). The third kappa shape index (κ3) is 2.76. The molecule has 1 aromatic rings. The van der Waals surface area contributed by atoms with Gasteiger partial charge in [0.1, 0.15) is 0 Å². The molecule has 0 amide bonds. The lowest BCUT2D eigenvalue weighted by molar-refractivity contribution is 0.839. The molecule has 0 fully saturated rings. The number of aromatic nitrogens is 1. The van der Waals surface area contributed by atoms with Crippen molar-refractivity contribution in [3.8, 4) is 0 Å². The number of rotatable bonds is 3. The Hall–Kier alpha value is -1.03. The Kier molecular flexibility index (Phi) is 3.83. The zero-order chi connectivity index (χ0) is 11.4. The first-order valence-corrected chi connectivity index (χ1v) is 6.52. The molecule has 0 radical (unpaired) electrons. The van der Waals surface area contributed by atoms with Crippen molar-refractivity contribution in [2.45, 2.75) is 32.1 Å². The largest absolute Gasteiger partial charge is 0.361 e. The highest BCUT2D eigenvalue weighted by Crippen LogP contribution is 2.22. The highest BCUT2D eigenvalue weighted by atomic mass is 32.2. The first-order chi connectivity index (χ1) is 7.79. The van der Waals surface area contributed by atoms with Gasteiger partial charge in [-0.15, -0.1) is 0 Å². The summed E-state index contributed by atoms with van der Waals surface area (Å²) in [6, 6.07) is 2.06. The molecule has 1 aromatic heterocycles. The van der Waals surface area contributed by atoms with Gasteiger partial charge in [-0.05, 0) is 30.5 Å². The zero-order valence-electron chi connectivity index (χ0n) is 9.73. The average molecular weight is 235 g/mol. The van der Waals surface area contributed by atoms with Gasteiger partial charge in [0, 0.05) is 24.2 Å². The van der Waals surface area contributed by atoms with Crippen molar-refractivity contribution in [3.63, 3.8) is 0 Å². The molecule has 1 unspecified atom stereocenters. The number of hydrogen-bond donors (Lipinski definition) is 1. The van der Waals surface area contributed by atoms with Crippen LogP contribution in [0, 0.1) is 6.92 Å². The summed E-state index contributed by atoms with van der Waals surface area (Å²) in [7, 11) is 0. The predicted octanol–water partition coefficient (Wildman–Crippen LogP) is 2.36. The Morgan fingerprint density at radius 2 is 2.44 bits per heavy atom. The normalized spacial score (nSPS) is 19.6. The lowest BCUT2D eigenvalue weighted by Gasteiger charge is -2.08. The van der Waals surface area contributed by atoms with Gasteiger partial charge >= 0.3 is 0 Å². The first-order valence-electron chi connectivity index (χ1n) is 5.64. The summed E-state index contributed by atoms with van der Waals surface area (Å²) >= 11 is 1.86. The third-order valence-corrected chi connectivity index (χ3v) is 4.05. The van der Waals surface area contributed by atoms with E-state index in [1.807, 2.05) is 24.2 Å². The second-order valence-electron chi connectivity index (χ2n) is 3.95. The van der Waals surface area contributed by atoms with Gasteiger partial charge in [0.25, 0.3) is 0 Å². The quantitative estimate of drug-likeness (QED) is 0.874. The topological polar surface area (TPSA) is 37.3 Å². The SMILES string of the molecule is CCC1CN=C(NCc2ccncc2C)S1. The Labute approximate surface area is 101 Å². The van der Waals surface area contributed by atoms with Crippen LogP contribution in [0.1, 0.15) is 24.5 Å². The summed E-state index contributed by atoms with van der Waals surface area (Å²) in [6.07, 6.45) is 4.92. The van der Waals surface area contributed by atoms with Crippen LogP contribution in [0.2, 0.25) is 0 Å². The summed E-state index contributed by atoms with van der Waals surface area (Å²) in [5.74, 6) is 0. The van der Waals surface area contributed by atoms with Crippen LogP contribution in [0.25, 0.3) is 0 Å². The maximum absolute atomic E-state index is 4.49. The van der Waals surface area contributed by atoms with E-state index in [4.69, 9.17) is 0 Å². The van der Waals surface area contributed by atoms with Crippen molar-refractivity contribution in [2.75, 3.05) is 6.54 Å². The molecule has 0 saturated heterocycles. The van der Waals surface area contributed by atoms with Crippen molar-refractivity contribution in [3.05, 3.63) is 29.6 Å². The molecular formula is C12H17N3S. The molecule has 1 N–H and O–H groups in total. The van der Waals surface area contributed by atoms with Crippen LogP contribution in [0.15, 0.2) is 23.5 Å². The minimum Gasteiger partial charge on any atom is -0.361 e. The van der Waals surface area contributed by atoms with Crippen LogP contribution in [-0.2, 0) is 6.54 Å².